The zero-order chi connectivity index (χ0) is 12.1. The van der Waals surface area contributed by atoms with E-state index in [2.05, 4.69) is 5.32 Å². The number of carbonyl (C=O) groups excluding carboxylic acids is 1. The number of amides is 1. The van der Waals surface area contributed by atoms with Gasteiger partial charge in [0.15, 0.2) is 0 Å². The minimum atomic E-state index is -1.05. The number of hydrogen-bond donors (Lipinski definition) is 3. The molecule has 5 nitrogen and oxygen atoms in total. The summed E-state index contributed by atoms with van der Waals surface area (Å²) in [6, 6.07) is 0. The molecule has 1 unspecified atom stereocenters. The predicted molar refractivity (Wildman–Crippen MR) is 57.3 cm³/mol. The highest BCUT2D eigenvalue weighted by atomic mass is 16.4. The average Bonchev–Trinajstić information content (AvgIpc) is 2.08. The number of carboxylic acid groups (broad SMARTS) is 1. The molecule has 0 saturated heterocycles. The molecule has 0 aromatic heterocycles. The van der Waals surface area contributed by atoms with Crippen LogP contribution in [0.1, 0.15) is 27.2 Å². The van der Waals surface area contributed by atoms with Crippen molar-refractivity contribution in [2.75, 3.05) is 13.1 Å². The summed E-state index contributed by atoms with van der Waals surface area (Å²) in [6.45, 7) is 5.93. The fourth-order valence-corrected chi connectivity index (χ4v) is 1.33. The monoisotopic (exact) mass is 216 g/mol. The molecule has 0 rings (SSSR count). The summed E-state index contributed by atoms with van der Waals surface area (Å²) in [5.74, 6) is -1.64. The molecule has 15 heavy (non-hydrogen) atoms. The van der Waals surface area contributed by atoms with E-state index >= 15 is 0 Å². The Hall–Kier alpha value is -1.10. The van der Waals surface area contributed by atoms with Crippen molar-refractivity contribution >= 4 is 11.9 Å². The first-order valence-corrected chi connectivity index (χ1v) is 4.96. The lowest BCUT2D eigenvalue weighted by Crippen LogP contribution is -2.39. The molecule has 0 spiro atoms. The lowest BCUT2D eigenvalue weighted by Gasteiger charge is -2.24. The minimum Gasteiger partial charge on any atom is -0.480 e. The molecule has 1 amide bonds. The third kappa shape index (κ3) is 6.90. The largest absolute Gasteiger partial charge is 0.480 e. The quantitative estimate of drug-likeness (QED) is 0.612. The van der Waals surface area contributed by atoms with E-state index in [-0.39, 0.29) is 30.3 Å². The van der Waals surface area contributed by atoms with Gasteiger partial charge < -0.3 is 16.2 Å². The lowest BCUT2D eigenvalue weighted by molar-refractivity contribution is -0.138. The summed E-state index contributed by atoms with van der Waals surface area (Å²) in [7, 11) is 0. The van der Waals surface area contributed by atoms with Crippen molar-refractivity contribution in [2.45, 2.75) is 27.2 Å². The van der Waals surface area contributed by atoms with Crippen molar-refractivity contribution in [3.63, 3.8) is 0 Å². The second-order valence-electron chi connectivity index (χ2n) is 4.81. The van der Waals surface area contributed by atoms with Crippen LogP contribution >= 0.6 is 0 Å². The molecule has 0 heterocycles. The van der Waals surface area contributed by atoms with E-state index in [1.807, 2.05) is 20.8 Å². The van der Waals surface area contributed by atoms with Gasteiger partial charge in [0.2, 0.25) is 5.91 Å². The standard InChI is InChI=1S/C10H20N2O3/c1-10(2,3)4-7(5-11)9(15)12-6-8(13)14/h7H,4-6,11H2,1-3H3,(H,12,15)(H,13,14). The molecule has 5 heteroatoms. The molecule has 88 valence electrons. The third-order valence-corrected chi connectivity index (χ3v) is 1.93. The van der Waals surface area contributed by atoms with Crippen molar-refractivity contribution in [1.29, 1.82) is 0 Å². The minimum absolute atomic E-state index is 0.00456. The molecule has 0 aliphatic rings. The van der Waals surface area contributed by atoms with E-state index in [1.54, 1.807) is 0 Å². The van der Waals surface area contributed by atoms with Crippen LogP contribution in [0.4, 0.5) is 0 Å². The molecule has 0 radical (unpaired) electrons. The van der Waals surface area contributed by atoms with Gasteiger partial charge in [0, 0.05) is 6.54 Å². The molecule has 0 aliphatic heterocycles. The molecule has 4 N–H and O–H groups in total. The first-order chi connectivity index (χ1) is 6.76. The lowest BCUT2D eigenvalue weighted by atomic mass is 9.84. The van der Waals surface area contributed by atoms with Gasteiger partial charge in [-0.1, -0.05) is 20.8 Å². The van der Waals surface area contributed by atoms with Crippen LogP contribution in [0.5, 0.6) is 0 Å². The van der Waals surface area contributed by atoms with Crippen LogP contribution in [-0.2, 0) is 9.59 Å². The number of nitrogens with one attached hydrogen (secondary N) is 1. The summed E-state index contributed by atoms with van der Waals surface area (Å²) in [5.41, 5.74) is 5.48. The zero-order valence-electron chi connectivity index (χ0n) is 9.54. The van der Waals surface area contributed by atoms with Gasteiger partial charge in [0.1, 0.15) is 6.54 Å². The predicted octanol–water partition coefficient (Wildman–Crippen LogP) is 0.198. The Balaban J connectivity index is 4.17. The molecule has 0 bridgehead atoms. The molecule has 0 aliphatic carbocycles. The summed E-state index contributed by atoms with van der Waals surface area (Å²) in [6.07, 6.45) is 0.648. The summed E-state index contributed by atoms with van der Waals surface area (Å²) in [4.78, 5) is 21.8. The number of carboxylic acids is 1. The number of aliphatic carboxylic acids is 1. The molecule has 0 fully saturated rings. The van der Waals surface area contributed by atoms with Crippen LogP contribution in [0.3, 0.4) is 0 Å². The number of carbonyl (C=O) groups is 2. The molecule has 0 aromatic carbocycles. The van der Waals surface area contributed by atoms with E-state index in [0.29, 0.717) is 6.42 Å². The van der Waals surface area contributed by atoms with E-state index in [9.17, 15) is 9.59 Å². The van der Waals surface area contributed by atoms with Crippen molar-refractivity contribution < 1.29 is 14.7 Å². The van der Waals surface area contributed by atoms with Crippen molar-refractivity contribution in [3.05, 3.63) is 0 Å². The third-order valence-electron chi connectivity index (χ3n) is 1.93. The van der Waals surface area contributed by atoms with Crippen molar-refractivity contribution in [1.82, 2.24) is 5.32 Å². The van der Waals surface area contributed by atoms with Crippen molar-refractivity contribution in [2.24, 2.45) is 17.1 Å². The van der Waals surface area contributed by atoms with Gasteiger partial charge in [-0.05, 0) is 11.8 Å². The topological polar surface area (TPSA) is 92.4 Å². The first kappa shape index (κ1) is 13.9. The maximum absolute atomic E-state index is 11.5. The molecule has 1 atom stereocenters. The van der Waals surface area contributed by atoms with Gasteiger partial charge in [-0.15, -0.1) is 0 Å². The van der Waals surface area contributed by atoms with Gasteiger partial charge in [-0.2, -0.15) is 0 Å². The molecular weight excluding hydrogens is 196 g/mol. The Kier molecular flexibility index (Phi) is 5.28. The maximum atomic E-state index is 11.5. The Morgan fingerprint density at radius 2 is 1.93 bits per heavy atom. The van der Waals surface area contributed by atoms with Gasteiger partial charge in [-0.25, -0.2) is 0 Å². The summed E-state index contributed by atoms with van der Waals surface area (Å²) in [5, 5.41) is 10.7. The van der Waals surface area contributed by atoms with Crippen LogP contribution in [0, 0.1) is 11.3 Å². The Bertz CT molecular complexity index is 233. The van der Waals surface area contributed by atoms with Gasteiger partial charge in [0.25, 0.3) is 0 Å². The van der Waals surface area contributed by atoms with Gasteiger partial charge in [-0.3, -0.25) is 9.59 Å². The highest BCUT2D eigenvalue weighted by molar-refractivity contribution is 5.83. The fraction of sp³-hybridized carbons (Fsp3) is 0.800. The maximum Gasteiger partial charge on any atom is 0.322 e. The van der Waals surface area contributed by atoms with Gasteiger partial charge >= 0.3 is 5.97 Å². The second kappa shape index (κ2) is 5.70. The van der Waals surface area contributed by atoms with Crippen LogP contribution in [-0.4, -0.2) is 30.1 Å². The summed E-state index contributed by atoms with van der Waals surface area (Å²) >= 11 is 0. The highest BCUT2D eigenvalue weighted by Gasteiger charge is 2.23. The van der Waals surface area contributed by atoms with Crippen LogP contribution in [0.2, 0.25) is 0 Å². The van der Waals surface area contributed by atoms with E-state index in [1.165, 1.54) is 0 Å². The van der Waals surface area contributed by atoms with Crippen molar-refractivity contribution in [3.8, 4) is 0 Å². The fourth-order valence-electron chi connectivity index (χ4n) is 1.33. The SMILES string of the molecule is CC(C)(C)CC(CN)C(=O)NCC(=O)O. The number of hydrogen-bond acceptors (Lipinski definition) is 3. The van der Waals surface area contributed by atoms with Crippen LogP contribution in [0.15, 0.2) is 0 Å². The van der Waals surface area contributed by atoms with Gasteiger partial charge in [0.05, 0.1) is 5.92 Å². The van der Waals surface area contributed by atoms with E-state index < -0.39 is 5.97 Å². The second-order valence-corrected chi connectivity index (χ2v) is 4.81. The normalized spacial score (nSPS) is 13.3. The van der Waals surface area contributed by atoms with E-state index in [0.717, 1.165) is 0 Å². The first-order valence-electron chi connectivity index (χ1n) is 4.96. The van der Waals surface area contributed by atoms with E-state index in [4.69, 9.17) is 10.8 Å². The Morgan fingerprint density at radius 1 is 1.40 bits per heavy atom. The van der Waals surface area contributed by atoms with Crippen LogP contribution < -0.4 is 11.1 Å². The number of nitrogens with two attached hydrogens (primary N) is 1. The van der Waals surface area contributed by atoms with Crippen LogP contribution in [0.25, 0.3) is 0 Å². The Labute approximate surface area is 90.0 Å². The number of rotatable bonds is 5. The highest BCUT2D eigenvalue weighted by Crippen LogP contribution is 2.23. The zero-order valence-corrected chi connectivity index (χ0v) is 9.54. The smallest absolute Gasteiger partial charge is 0.322 e. The average molecular weight is 216 g/mol. The molecular formula is C10H20N2O3. The summed E-state index contributed by atoms with van der Waals surface area (Å²) < 4.78 is 0. The molecule has 0 saturated carbocycles. The Morgan fingerprint density at radius 3 is 2.27 bits per heavy atom. The molecule has 0 aromatic rings.